The normalized spacial score (nSPS) is 13.3. The number of aromatic nitrogens is 6. The van der Waals surface area contributed by atoms with Crippen LogP contribution < -0.4 is 4.74 Å². The van der Waals surface area contributed by atoms with Gasteiger partial charge in [0.25, 0.3) is 0 Å². The number of rotatable bonds is 4. The zero-order chi connectivity index (χ0) is 46.4. The van der Waals surface area contributed by atoms with Crippen molar-refractivity contribution in [3.05, 3.63) is 253 Å². The minimum Gasteiger partial charge on any atom is -0.457 e. The summed E-state index contributed by atoms with van der Waals surface area (Å²) in [6, 6.07) is 76.2. The largest absolute Gasteiger partial charge is 0.457 e. The average molecular weight is 907 g/mol. The van der Waals surface area contributed by atoms with Crippen LogP contribution in [-0.2, 0) is 5.41 Å². The SMILES string of the molecule is c1cnc2c(c1)C1(c3ccc(-c4ccc5c(c4)c4ccccc4n5-c4ccc(-n5c6ccccc6c6ccccc65)cn4)cc3Oc3ccc(-n4c5ccccc5c5ccccc54)cc31)c1cccnc1-2. The molecule has 1 aliphatic carbocycles. The molecule has 1 spiro atoms. The molecule has 7 nitrogen and oxygen atoms in total. The molecule has 0 amide bonds. The van der Waals surface area contributed by atoms with Crippen molar-refractivity contribution in [1.29, 1.82) is 0 Å². The molecule has 0 radical (unpaired) electrons. The predicted molar refractivity (Wildman–Crippen MR) is 286 cm³/mol. The van der Waals surface area contributed by atoms with E-state index < -0.39 is 5.41 Å². The van der Waals surface area contributed by atoms with Crippen molar-refractivity contribution in [1.82, 2.24) is 28.7 Å². The van der Waals surface area contributed by atoms with Crippen molar-refractivity contribution in [2.24, 2.45) is 0 Å². The van der Waals surface area contributed by atoms with Crippen LogP contribution in [0.5, 0.6) is 11.5 Å². The lowest BCUT2D eigenvalue weighted by molar-refractivity contribution is 0.436. The van der Waals surface area contributed by atoms with E-state index in [4.69, 9.17) is 19.7 Å². The van der Waals surface area contributed by atoms with E-state index in [1.807, 2.05) is 30.7 Å². The third-order valence-corrected chi connectivity index (χ3v) is 15.3. The van der Waals surface area contributed by atoms with Gasteiger partial charge in [-0.25, -0.2) is 4.98 Å². The first-order valence-electron chi connectivity index (χ1n) is 24.1. The first-order chi connectivity index (χ1) is 35.2. The highest BCUT2D eigenvalue weighted by Crippen LogP contribution is 2.62. The van der Waals surface area contributed by atoms with E-state index in [2.05, 4.69) is 214 Å². The van der Waals surface area contributed by atoms with Crippen LogP contribution in [0.3, 0.4) is 0 Å². The maximum Gasteiger partial charge on any atom is 0.137 e. The Bertz CT molecular complexity index is 4420. The van der Waals surface area contributed by atoms with Crippen LogP contribution in [0.4, 0.5) is 0 Å². The smallest absolute Gasteiger partial charge is 0.137 e. The number of hydrogen-bond donors (Lipinski definition) is 0. The molecule has 2 aliphatic rings. The molecule has 0 saturated heterocycles. The van der Waals surface area contributed by atoms with Gasteiger partial charge in [-0.3, -0.25) is 14.5 Å². The van der Waals surface area contributed by atoms with Gasteiger partial charge in [0.05, 0.1) is 61.8 Å². The van der Waals surface area contributed by atoms with Crippen molar-refractivity contribution in [2.45, 2.75) is 5.41 Å². The molecule has 14 aromatic rings. The van der Waals surface area contributed by atoms with Crippen LogP contribution in [0, 0.1) is 0 Å². The molecule has 330 valence electrons. The molecular weight excluding hydrogens is 869 g/mol. The lowest BCUT2D eigenvalue weighted by Gasteiger charge is -2.39. The average Bonchev–Trinajstić information content (AvgIpc) is 4.15. The molecule has 7 heteroatoms. The molecule has 0 unspecified atom stereocenters. The quantitative estimate of drug-likeness (QED) is 0.176. The zero-order valence-corrected chi connectivity index (χ0v) is 38.0. The van der Waals surface area contributed by atoms with Gasteiger partial charge >= 0.3 is 0 Å². The summed E-state index contributed by atoms with van der Waals surface area (Å²) < 4.78 is 14.1. The minimum atomic E-state index is -0.745. The summed E-state index contributed by atoms with van der Waals surface area (Å²) in [6.45, 7) is 0. The van der Waals surface area contributed by atoms with E-state index in [-0.39, 0.29) is 0 Å². The second-order valence-corrected chi connectivity index (χ2v) is 18.7. The van der Waals surface area contributed by atoms with Gasteiger partial charge in [0.2, 0.25) is 0 Å². The van der Waals surface area contributed by atoms with Gasteiger partial charge in [-0.15, -0.1) is 0 Å². The van der Waals surface area contributed by atoms with Gasteiger partial charge in [-0.1, -0.05) is 121 Å². The molecule has 71 heavy (non-hydrogen) atoms. The molecule has 8 aromatic carbocycles. The Kier molecular flexibility index (Phi) is 7.69. The van der Waals surface area contributed by atoms with Gasteiger partial charge < -0.3 is 13.9 Å². The Labute approximate surface area is 406 Å². The number of pyridine rings is 3. The topological polar surface area (TPSA) is 62.7 Å². The minimum absolute atomic E-state index is 0.745. The highest BCUT2D eigenvalue weighted by atomic mass is 16.5. The van der Waals surface area contributed by atoms with Crippen LogP contribution in [0.25, 0.3) is 105 Å². The number of ether oxygens (including phenoxy) is 1. The molecule has 0 N–H and O–H groups in total. The standard InChI is InChI=1S/C64H38N6O/c1-6-20-53-43(13-1)44-14-2-7-21-54(44)68(53)41-27-31-59-52(37-41)64(50-18-11-33-65-62(50)63-51(64)19-12-34-66-63)49-29-25-40(36-60(49)71-59)39-26-30-58-48(35-39)47-17-5-10-24-57(47)70(58)61-32-28-42(38-67-61)69-55-22-8-3-15-45(55)46-16-4-9-23-56(46)69/h1-38H. The lowest BCUT2D eigenvalue weighted by Crippen LogP contribution is -2.32. The molecule has 0 fully saturated rings. The summed E-state index contributed by atoms with van der Waals surface area (Å²) in [7, 11) is 0. The molecule has 0 saturated carbocycles. The van der Waals surface area contributed by atoms with E-state index in [1.165, 1.54) is 21.5 Å². The van der Waals surface area contributed by atoms with Gasteiger partial charge in [-0.2, -0.15) is 0 Å². The van der Waals surface area contributed by atoms with Crippen molar-refractivity contribution in [3.8, 4) is 51.2 Å². The van der Waals surface area contributed by atoms with Crippen LogP contribution >= 0.6 is 0 Å². The predicted octanol–water partition coefficient (Wildman–Crippen LogP) is 15.3. The second kappa shape index (κ2) is 14.2. The summed E-state index contributed by atoms with van der Waals surface area (Å²) in [4.78, 5) is 15.2. The molecule has 0 bridgehead atoms. The highest BCUT2D eigenvalue weighted by molar-refractivity contribution is 6.12. The van der Waals surface area contributed by atoms with E-state index in [9.17, 15) is 0 Å². The Balaban J connectivity index is 0.847. The van der Waals surface area contributed by atoms with Crippen LogP contribution in [-0.4, -0.2) is 28.7 Å². The third-order valence-electron chi connectivity index (χ3n) is 15.3. The summed E-state index contributed by atoms with van der Waals surface area (Å²) in [5.41, 5.74) is 16.4. The zero-order valence-electron chi connectivity index (χ0n) is 38.0. The number of para-hydroxylation sites is 5. The molecule has 6 aromatic heterocycles. The summed E-state index contributed by atoms with van der Waals surface area (Å²) in [6.07, 6.45) is 5.75. The summed E-state index contributed by atoms with van der Waals surface area (Å²) >= 11 is 0. The molecule has 0 atom stereocenters. The Morgan fingerprint density at radius 1 is 0.324 bits per heavy atom. The van der Waals surface area contributed by atoms with Gasteiger partial charge in [-0.05, 0) is 113 Å². The first kappa shape index (κ1) is 38.4. The van der Waals surface area contributed by atoms with Crippen LogP contribution in [0.1, 0.15) is 22.3 Å². The van der Waals surface area contributed by atoms with Crippen molar-refractivity contribution >= 4 is 65.4 Å². The Morgan fingerprint density at radius 2 is 0.817 bits per heavy atom. The van der Waals surface area contributed by atoms with Gasteiger partial charge in [0.15, 0.2) is 0 Å². The summed E-state index contributed by atoms with van der Waals surface area (Å²) in [5, 5.41) is 7.22. The highest BCUT2D eigenvalue weighted by Gasteiger charge is 2.52. The number of hydrogen-bond acceptors (Lipinski definition) is 4. The monoisotopic (exact) mass is 906 g/mol. The van der Waals surface area contributed by atoms with E-state index in [1.54, 1.807) is 0 Å². The fourth-order valence-corrected chi connectivity index (χ4v) is 12.4. The number of nitrogens with zero attached hydrogens (tertiary/aromatic N) is 6. The molecule has 7 heterocycles. The fraction of sp³-hybridized carbons (Fsp3) is 0.0156. The maximum absolute atomic E-state index is 7.14. The Hall–Kier alpha value is -9.59. The van der Waals surface area contributed by atoms with Crippen LogP contribution in [0.15, 0.2) is 231 Å². The molecule has 16 rings (SSSR count). The van der Waals surface area contributed by atoms with Crippen LogP contribution in [0.2, 0.25) is 0 Å². The van der Waals surface area contributed by atoms with E-state index in [0.29, 0.717) is 0 Å². The Morgan fingerprint density at radius 3 is 1.39 bits per heavy atom. The van der Waals surface area contributed by atoms with Crippen molar-refractivity contribution in [3.63, 3.8) is 0 Å². The number of fused-ring (bicyclic) bond motifs is 18. The summed E-state index contributed by atoms with van der Waals surface area (Å²) in [5.74, 6) is 2.48. The lowest BCUT2D eigenvalue weighted by atomic mass is 9.66. The van der Waals surface area contributed by atoms with E-state index >= 15 is 0 Å². The van der Waals surface area contributed by atoms with Gasteiger partial charge in [0.1, 0.15) is 17.3 Å². The second-order valence-electron chi connectivity index (χ2n) is 18.7. The molecular formula is C64H38N6O. The maximum atomic E-state index is 7.14. The fourth-order valence-electron chi connectivity index (χ4n) is 12.4. The molecule has 1 aliphatic heterocycles. The van der Waals surface area contributed by atoms with E-state index in [0.717, 1.165) is 117 Å². The van der Waals surface area contributed by atoms with Gasteiger partial charge in [0, 0.05) is 61.5 Å². The first-order valence-corrected chi connectivity index (χ1v) is 24.1. The van der Waals surface area contributed by atoms with Crippen molar-refractivity contribution < 1.29 is 4.74 Å². The number of benzene rings is 8. The van der Waals surface area contributed by atoms with Crippen molar-refractivity contribution in [2.75, 3.05) is 0 Å². The third kappa shape index (κ3) is 5.13.